The molecule has 3 aromatic rings. The molecule has 1 atom stereocenters. The van der Waals surface area contributed by atoms with Crippen molar-refractivity contribution in [2.75, 3.05) is 13.7 Å². The average Bonchev–Trinajstić information content (AvgIpc) is 3.34. The van der Waals surface area contributed by atoms with Crippen LogP contribution in [0.3, 0.4) is 0 Å². The molecule has 1 N–H and O–H groups in total. The lowest BCUT2D eigenvalue weighted by molar-refractivity contribution is 0.0602. The molecule has 0 radical (unpaired) electrons. The van der Waals surface area contributed by atoms with E-state index in [0.717, 1.165) is 16.2 Å². The van der Waals surface area contributed by atoms with Crippen molar-refractivity contribution < 1.29 is 22.4 Å². The second-order valence-corrected chi connectivity index (χ2v) is 8.67. The third-order valence-electron chi connectivity index (χ3n) is 3.54. The Morgan fingerprint density at radius 2 is 2.08 bits per heavy atom. The smallest absolute Gasteiger partial charge is 0.349 e. The van der Waals surface area contributed by atoms with Crippen LogP contribution >= 0.6 is 22.7 Å². The summed E-state index contributed by atoms with van der Waals surface area (Å²) in [5.74, 6) is -0.245. The van der Waals surface area contributed by atoms with Crippen LogP contribution in [0.15, 0.2) is 56.7 Å². The van der Waals surface area contributed by atoms with Gasteiger partial charge in [-0.15, -0.1) is 22.7 Å². The minimum atomic E-state index is -3.86. The summed E-state index contributed by atoms with van der Waals surface area (Å²) in [6.45, 7) is 0.118. The molecule has 0 aliphatic heterocycles. The summed E-state index contributed by atoms with van der Waals surface area (Å²) in [6.07, 6.45) is 1.55. The number of carbonyl (C=O) groups is 1. The Labute approximate surface area is 153 Å². The Bertz CT molecular complexity index is 892. The maximum atomic E-state index is 12.6. The number of furan rings is 1. The molecule has 0 fully saturated rings. The molecule has 0 saturated heterocycles. The minimum absolute atomic E-state index is 0.0562. The predicted octanol–water partition coefficient (Wildman–Crippen LogP) is 3.30. The Morgan fingerprint density at radius 3 is 2.72 bits per heavy atom. The van der Waals surface area contributed by atoms with E-state index in [1.165, 1.54) is 24.5 Å². The quantitative estimate of drug-likeness (QED) is 0.618. The molecule has 25 heavy (non-hydrogen) atoms. The van der Waals surface area contributed by atoms with E-state index in [4.69, 9.17) is 4.42 Å². The highest BCUT2D eigenvalue weighted by Gasteiger charge is 2.27. The molecule has 6 nitrogen and oxygen atoms in total. The second kappa shape index (κ2) is 7.52. The highest BCUT2D eigenvalue weighted by molar-refractivity contribution is 7.89. The molecule has 0 unspecified atom stereocenters. The van der Waals surface area contributed by atoms with E-state index in [9.17, 15) is 13.2 Å². The first kappa shape index (κ1) is 17.9. The Balaban J connectivity index is 1.83. The van der Waals surface area contributed by atoms with E-state index < -0.39 is 16.0 Å². The van der Waals surface area contributed by atoms with Crippen molar-refractivity contribution in [1.29, 1.82) is 0 Å². The zero-order chi connectivity index (χ0) is 17.9. The first-order valence-corrected chi connectivity index (χ1v) is 10.5. The monoisotopic (exact) mass is 397 g/mol. The van der Waals surface area contributed by atoms with Crippen LogP contribution in [0, 0.1) is 0 Å². The number of carbonyl (C=O) groups excluding carboxylic acids is 1. The highest BCUT2D eigenvalue weighted by Crippen LogP contribution is 2.29. The highest BCUT2D eigenvalue weighted by atomic mass is 32.2. The zero-order valence-electron chi connectivity index (χ0n) is 13.2. The van der Waals surface area contributed by atoms with Gasteiger partial charge in [0.2, 0.25) is 10.0 Å². The molecule has 0 bridgehead atoms. The van der Waals surface area contributed by atoms with Crippen LogP contribution < -0.4 is 4.72 Å². The van der Waals surface area contributed by atoms with Crippen molar-refractivity contribution in [2.45, 2.75) is 10.8 Å². The molecule has 0 aliphatic rings. The third kappa shape index (κ3) is 3.84. The van der Waals surface area contributed by atoms with Crippen molar-refractivity contribution in [3.8, 4) is 0 Å². The fourth-order valence-electron chi connectivity index (χ4n) is 2.34. The van der Waals surface area contributed by atoms with Crippen LogP contribution in [0.5, 0.6) is 0 Å². The number of thiophene rings is 2. The lowest BCUT2D eigenvalue weighted by atomic mass is 10.1. The number of hydrogen-bond acceptors (Lipinski definition) is 7. The summed E-state index contributed by atoms with van der Waals surface area (Å²) in [5.41, 5.74) is 0. The number of rotatable bonds is 7. The van der Waals surface area contributed by atoms with Gasteiger partial charge in [0.05, 0.1) is 19.3 Å². The SMILES string of the molecule is COC(=O)c1sccc1S(=O)(=O)NC[C@@H](c1ccco1)c1cccs1. The Hall–Kier alpha value is -1.94. The number of sulfonamides is 1. The molecule has 3 rings (SSSR count). The van der Waals surface area contributed by atoms with Crippen molar-refractivity contribution in [3.63, 3.8) is 0 Å². The standard InChI is InChI=1S/C16H15NO5S3/c1-21-16(18)15-14(6-9-24-15)25(19,20)17-10-11(12-4-2-7-22-12)13-5-3-8-23-13/h2-9,11,17H,10H2,1H3/t11-/m0/s1. The van der Waals surface area contributed by atoms with Crippen LogP contribution in [0.2, 0.25) is 0 Å². The molecule has 3 heterocycles. The second-order valence-electron chi connectivity index (χ2n) is 5.04. The number of nitrogens with one attached hydrogen (secondary N) is 1. The van der Waals surface area contributed by atoms with Crippen molar-refractivity contribution in [1.82, 2.24) is 4.72 Å². The van der Waals surface area contributed by atoms with Crippen LogP contribution in [-0.4, -0.2) is 28.0 Å². The molecule has 0 aliphatic carbocycles. The molecule has 132 valence electrons. The zero-order valence-corrected chi connectivity index (χ0v) is 15.6. The first-order valence-electron chi connectivity index (χ1n) is 7.25. The van der Waals surface area contributed by atoms with E-state index in [2.05, 4.69) is 9.46 Å². The lowest BCUT2D eigenvalue weighted by Crippen LogP contribution is -2.29. The third-order valence-corrected chi connectivity index (χ3v) is 7.02. The lowest BCUT2D eigenvalue weighted by Gasteiger charge is -2.14. The molecule has 9 heteroatoms. The summed E-state index contributed by atoms with van der Waals surface area (Å²) in [4.78, 5) is 12.7. The van der Waals surface area contributed by atoms with Gasteiger partial charge in [0.15, 0.2) is 0 Å². The number of esters is 1. The number of methoxy groups -OCH3 is 1. The average molecular weight is 397 g/mol. The van der Waals surface area contributed by atoms with Gasteiger partial charge in [0.1, 0.15) is 15.5 Å². The van der Waals surface area contributed by atoms with Gasteiger partial charge < -0.3 is 9.15 Å². The minimum Gasteiger partial charge on any atom is -0.469 e. The molecule has 0 saturated carbocycles. The Morgan fingerprint density at radius 1 is 1.24 bits per heavy atom. The van der Waals surface area contributed by atoms with Gasteiger partial charge in [-0.25, -0.2) is 17.9 Å². The molecule has 0 spiro atoms. The number of ether oxygens (including phenoxy) is 1. The maximum Gasteiger partial charge on any atom is 0.349 e. The molecular formula is C16H15NO5S3. The summed E-state index contributed by atoms with van der Waals surface area (Å²) in [6, 6.07) is 8.80. The van der Waals surface area contributed by atoms with E-state index in [-0.39, 0.29) is 22.2 Å². The van der Waals surface area contributed by atoms with Gasteiger partial charge in [0, 0.05) is 11.4 Å². The molecule has 0 aromatic carbocycles. The summed E-state index contributed by atoms with van der Waals surface area (Å²) in [7, 11) is -2.64. The van der Waals surface area contributed by atoms with Gasteiger partial charge in [0.25, 0.3) is 0 Å². The van der Waals surface area contributed by atoms with E-state index in [1.807, 2.05) is 23.6 Å². The summed E-state index contributed by atoms with van der Waals surface area (Å²) < 4.78 is 37.9. The van der Waals surface area contributed by atoms with Crippen molar-refractivity contribution >= 4 is 38.7 Å². The summed E-state index contributed by atoms with van der Waals surface area (Å²) >= 11 is 2.55. The van der Waals surface area contributed by atoms with Crippen molar-refractivity contribution in [2.24, 2.45) is 0 Å². The van der Waals surface area contributed by atoms with Gasteiger partial charge >= 0.3 is 5.97 Å². The maximum absolute atomic E-state index is 12.6. The fourth-order valence-corrected chi connectivity index (χ4v) is 5.56. The van der Waals surface area contributed by atoms with Crippen LogP contribution in [0.1, 0.15) is 26.2 Å². The van der Waals surface area contributed by atoms with Crippen LogP contribution in [0.4, 0.5) is 0 Å². The Kier molecular flexibility index (Phi) is 5.38. The van der Waals surface area contributed by atoms with Crippen molar-refractivity contribution in [3.05, 3.63) is 62.9 Å². The molecule has 0 amide bonds. The predicted molar refractivity (Wildman–Crippen MR) is 95.7 cm³/mol. The van der Waals surface area contributed by atoms with Crippen LogP contribution in [0.25, 0.3) is 0 Å². The van der Waals surface area contributed by atoms with Crippen LogP contribution in [-0.2, 0) is 14.8 Å². The van der Waals surface area contributed by atoms with E-state index >= 15 is 0 Å². The normalized spacial score (nSPS) is 12.8. The number of hydrogen-bond donors (Lipinski definition) is 1. The topological polar surface area (TPSA) is 85.6 Å². The summed E-state index contributed by atoms with van der Waals surface area (Å²) in [5, 5.41) is 3.47. The first-order chi connectivity index (χ1) is 12.0. The van der Waals surface area contributed by atoms with E-state index in [1.54, 1.807) is 17.7 Å². The molecule has 3 aromatic heterocycles. The van der Waals surface area contributed by atoms with Gasteiger partial charge in [-0.2, -0.15) is 0 Å². The largest absolute Gasteiger partial charge is 0.469 e. The van der Waals surface area contributed by atoms with Gasteiger partial charge in [-0.3, -0.25) is 0 Å². The fraction of sp³-hybridized carbons (Fsp3) is 0.188. The van der Waals surface area contributed by atoms with Gasteiger partial charge in [-0.1, -0.05) is 6.07 Å². The van der Waals surface area contributed by atoms with Gasteiger partial charge in [-0.05, 0) is 35.0 Å². The van der Waals surface area contributed by atoms with E-state index in [0.29, 0.717) is 5.76 Å². The molecular weight excluding hydrogens is 382 g/mol.